The second kappa shape index (κ2) is 9.68. The van der Waals surface area contributed by atoms with Gasteiger partial charge in [-0.1, -0.05) is 0 Å². The number of benzene rings is 1. The Hall–Kier alpha value is -2.95. The van der Waals surface area contributed by atoms with Crippen LogP contribution in [0.15, 0.2) is 68.8 Å². The Morgan fingerprint density at radius 3 is 2.44 bits per heavy atom. The van der Waals surface area contributed by atoms with Gasteiger partial charge in [-0.05, 0) is 60.7 Å². The van der Waals surface area contributed by atoms with E-state index in [1.807, 2.05) is 10.8 Å². The summed E-state index contributed by atoms with van der Waals surface area (Å²) in [4.78, 5) is 26.8. The number of hydrogen-bond acceptors (Lipinski definition) is 6. The van der Waals surface area contributed by atoms with E-state index >= 15 is 0 Å². The number of amides is 2. The van der Waals surface area contributed by atoms with Gasteiger partial charge in [0.15, 0.2) is 0 Å². The summed E-state index contributed by atoms with van der Waals surface area (Å²) in [5.41, 5.74) is 1.08. The van der Waals surface area contributed by atoms with Crippen LogP contribution in [0, 0.1) is 0 Å². The van der Waals surface area contributed by atoms with Crippen LogP contribution in [-0.2, 0) is 16.6 Å². The number of likely N-dealkylation sites (tertiary alicyclic amines) is 1. The average molecular weight is 474 g/mol. The molecule has 1 fully saturated rings. The second-order valence-electron chi connectivity index (χ2n) is 7.48. The molecule has 0 atom stereocenters. The highest BCUT2D eigenvalue weighted by atomic mass is 32.2. The van der Waals surface area contributed by atoms with Crippen molar-refractivity contribution in [1.29, 1.82) is 0 Å². The summed E-state index contributed by atoms with van der Waals surface area (Å²) in [6.07, 6.45) is 2.82. The Morgan fingerprint density at radius 2 is 1.81 bits per heavy atom. The van der Waals surface area contributed by atoms with Crippen molar-refractivity contribution in [2.24, 2.45) is 0 Å². The predicted molar refractivity (Wildman–Crippen MR) is 120 cm³/mol. The van der Waals surface area contributed by atoms with Gasteiger partial charge in [0.05, 0.1) is 17.7 Å². The molecule has 0 unspecified atom stereocenters. The van der Waals surface area contributed by atoms with Crippen molar-refractivity contribution < 1.29 is 22.4 Å². The minimum atomic E-state index is -3.72. The Labute approximate surface area is 190 Å². The fraction of sp³-hybridized carbons (Fsp3) is 0.273. The maximum absolute atomic E-state index is 12.8. The molecule has 1 aliphatic heterocycles. The molecule has 2 aromatic heterocycles. The minimum absolute atomic E-state index is 0.0270. The Balaban J connectivity index is 1.30. The summed E-state index contributed by atoms with van der Waals surface area (Å²) in [6.45, 7) is 1.10. The molecule has 3 aromatic rings. The van der Waals surface area contributed by atoms with Crippen LogP contribution < -0.4 is 10.0 Å². The second-order valence-corrected chi connectivity index (χ2v) is 10.0. The van der Waals surface area contributed by atoms with Gasteiger partial charge >= 0.3 is 0 Å². The third-order valence-electron chi connectivity index (χ3n) is 5.33. The van der Waals surface area contributed by atoms with E-state index < -0.39 is 10.0 Å². The largest absolute Gasteiger partial charge is 0.468 e. The van der Waals surface area contributed by atoms with Gasteiger partial charge in [-0.2, -0.15) is 11.3 Å². The number of hydrogen-bond donors (Lipinski definition) is 2. The van der Waals surface area contributed by atoms with Crippen LogP contribution in [0.25, 0.3) is 0 Å². The molecule has 1 aliphatic rings. The van der Waals surface area contributed by atoms with Crippen molar-refractivity contribution in [2.75, 3.05) is 13.1 Å². The molecular weight excluding hydrogens is 450 g/mol. The number of thiophene rings is 1. The smallest absolute Gasteiger partial charge is 0.253 e. The lowest BCUT2D eigenvalue weighted by Crippen LogP contribution is -2.46. The van der Waals surface area contributed by atoms with Gasteiger partial charge < -0.3 is 14.6 Å². The average Bonchev–Trinajstić information content (AvgIpc) is 3.52. The van der Waals surface area contributed by atoms with Crippen molar-refractivity contribution in [3.05, 3.63) is 76.4 Å². The summed E-state index contributed by atoms with van der Waals surface area (Å²) in [5.74, 6) is 0.267. The first-order chi connectivity index (χ1) is 15.4. The molecule has 0 spiro atoms. The molecule has 2 amide bonds. The number of nitrogens with zero attached hydrogens (tertiary/aromatic N) is 1. The summed E-state index contributed by atoms with van der Waals surface area (Å²) in [5, 5.41) is 6.69. The van der Waals surface area contributed by atoms with Gasteiger partial charge in [0.1, 0.15) is 5.76 Å². The van der Waals surface area contributed by atoms with Crippen LogP contribution >= 0.6 is 11.3 Å². The molecule has 0 bridgehead atoms. The zero-order valence-corrected chi connectivity index (χ0v) is 18.8. The third kappa shape index (κ3) is 5.26. The van der Waals surface area contributed by atoms with E-state index in [1.54, 1.807) is 23.1 Å². The van der Waals surface area contributed by atoms with Crippen LogP contribution in [0.4, 0.5) is 0 Å². The molecule has 168 valence electrons. The van der Waals surface area contributed by atoms with E-state index in [0.29, 0.717) is 42.8 Å². The van der Waals surface area contributed by atoms with Gasteiger partial charge in [-0.3, -0.25) is 9.59 Å². The molecule has 10 heteroatoms. The topological polar surface area (TPSA) is 109 Å². The SMILES string of the molecule is O=C(NC1CCN(C(=O)c2ccc(S(=O)(=O)NCc3ccco3)cc2)CC1)c1ccsc1. The number of nitrogens with one attached hydrogen (secondary N) is 2. The van der Waals surface area contributed by atoms with E-state index in [0.717, 1.165) is 0 Å². The minimum Gasteiger partial charge on any atom is -0.468 e. The van der Waals surface area contributed by atoms with Crippen molar-refractivity contribution in [2.45, 2.75) is 30.3 Å². The van der Waals surface area contributed by atoms with Gasteiger partial charge in [-0.15, -0.1) is 0 Å². The molecule has 3 heterocycles. The Bertz CT molecular complexity index is 1150. The van der Waals surface area contributed by atoms with E-state index in [1.165, 1.54) is 41.9 Å². The lowest BCUT2D eigenvalue weighted by molar-refractivity contribution is 0.0698. The van der Waals surface area contributed by atoms with Crippen molar-refractivity contribution in [3.8, 4) is 0 Å². The molecule has 0 radical (unpaired) electrons. The first-order valence-electron chi connectivity index (χ1n) is 10.2. The molecule has 1 saturated heterocycles. The first kappa shape index (κ1) is 22.3. The van der Waals surface area contributed by atoms with Crippen LogP contribution in [0.2, 0.25) is 0 Å². The number of carbonyl (C=O) groups excluding carboxylic acids is 2. The lowest BCUT2D eigenvalue weighted by Gasteiger charge is -2.32. The summed E-state index contributed by atoms with van der Waals surface area (Å²) >= 11 is 1.48. The molecule has 8 nitrogen and oxygen atoms in total. The standard InChI is InChI=1S/C22H23N3O5S2/c26-21(17-9-13-31-15-17)24-18-7-10-25(11-8-18)22(27)16-3-5-20(6-4-16)32(28,29)23-14-19-2-1-12-30-19/h1-6,9,12-13,15,18,23H,7-8,10-11,14H2,(H,24,26). The monoisotopic (exact) mass is 473 g/mol. The molecule has 32 heavy (non-hydrogen) atoms. The van der Waals surface area contributed by atoms with Crippen LogP contribution in [0.1, 0.15) is 39.3 Å². The van der Waals surface area contributed by atoms with Gasteiger partial charge in [0, 0.05) is 35.6 Å². The first-order valence-corrected chi connectivity index (χ1v) is 12.6. The molecule has 1 aromatic carbocycles. The van der Waals surface area contributed by atoms with E-state index in [2.05, 4.69) is 10.0 Å². The molecular formula is C22H23N3O5S2. The third-order valence-corrected chi connectivity index (χ3v) is 7.43. The number of piperidine rings is 1. The molecule has 4 rings (SSSR count). The molecule has 0 aliphatic carbocycles. The van der Waals surface area contributed by atoms with Gasteiger partial charge in [0.2, 0.25) is 10.0 Å². The lowest BCUT2D eigenvalue weighted by atomic mass is 10.0. The number of carbonyl (C=O) groups is 2. The zero-order valence-electron chi connectivity index (χ0n) is 17.2. The van der Waals surface area contributed by atoms with Crippen LogP contribution in [-0.4, -0.2) is 44.3 Å². The highest BCUT2D eigenvalue weighted by molar-refractivity contribution is 7.89. The summed E-state index contributed by atoms with van der Waals surface area (Å²) in [6, 6.07) is 11.1. The van der Waals surface area contributed by atoms with Crippen molar-refractivity contribution >= 4 is 33.2 Å². The highest BCUT2D eigenvalue weighted by Gasteiger charge is 2.25. The fourth-order valence-corrected chi connectivity index (χ4v) is 5.14. The summed E-state index contributed by atoms with van der Waals surface area (Å²) in [7, 11) is -3.72. The van der Waals surface area contributed by atoms with E-state index in [9.17, 15) is 18.0 Å². The predicted octanol–water partition coefficient (Wildman–Crippen LogP) is 2.85. The van der Waals surface area contributed by atoms with E-state index in [4.69, 9.17) is 4.42 Å². The maximum atomic E-state index is 12.8. The fourth-order valence-electron chi connectivity index (χ4n) is 3.51. The van der Waals surface area contributed by atoms with E-state index in [-0.39, 0.29) is 29.3 Å². The van der Waals surface area contributed by atoms with Gasteiger partial charge in [0.25, 0.3) is 11.8 Å². The number of rotatable bonds is 7. The zero-order chi connectivity index (χ0) is 22.6. The normalized spacial score (nSPS) is 14.9. The van der Waals surface area contributed by atoms with Crippen LogP contribution in [0.5, 0.6) is 0 Å². The Kier molecular flexibility index (Phi) is 6.73. The highest BCUT2D eigenvalue weighted by Crippen LogP contribution is 2.17. The maximum Gasteiger partial charge on any atom is 0.253 e. The Morgan fingerprint density at radius 1 is 1.06 bits per heavy atom. The van der Waals surface area contributed by atoms with Crippen molar-refractivity contribution in [3.63, 3.8) is 0 Å². The van der Waals surface area contributed by atoms with Crippen LogP contribution in [0.3, 0.4) is 0 Å². The van der Waals surface area contributed by atoms with Gasteiger partial charge in [-0.25, -0.2) is 13.1 Å². The number of furan rings is 1. The molecule has 0 saturated carbocycles. The summed E-state index contributed by atoms with van der Waals surface area (Å²) < 4.78 is 32.5. The quantitative estimate of drug-likeness (QED) is 0.549. The van der Waals surface area contributed by atoms with Crippen molar-refractivity contribution in [1.82, 2.24) is 14.9 Å². The molecule has 2 N–H and O–H groups in total. The number of sulfonamides is 1.